The number of fused-ring (bicyclic) bond motifs is 5. The van der Waals surface area contributed by atoms with Gasteiger partial charge < -0.3 is 24.3 Å². The van der Waals surface area contributed by atoms with Crippen molar-refractivity contribution in [3.05, 3.63) is 116 Å². The number of aromatic nitrogens is 5. The van der Waals surface area contributed by atoms with Crippen LogP contribution < -0.4 is 10.9 Å². The Balaban J connectivity index is 0.793. The summed E-state index contributed by atoms with van der Waals surface area (Å²) in [4.78, 5) is 54.9. The fourth-order valence-electron chi connectivity index (χ4n) is 12.9. The summed E-state index contributed by atoms with van der Waals surface area (Å²) in [5.41, 5.74) is 5.87. The number of morpholine rings is 1. The molecule has 4 fully saturated rings. The number of benzene rings is 3. The van der Waals surface area contributed by atoms with Gasteiger partial charge in [0, 0.05) is 56.8 Å². The zero-order valence-corrected chi connectivity index (χ0v) is 49.5. The molecule has 2 amide bonds. The molecule has 10 rings (SSSR count). The highest BCUT2D eigenvalue weighted by atomic mass is 35.5. The molecular formula is C62H82ClN9O5Si. The third-order valence-electron chi connectivity index (χ3n) is 18.5. The average molecular weight is 1100 g/mol. The van der Waals surface area contributed by atoms with E-state index in [0.29, 0.717) is 55.0 Å². The van der Waals surface area contributed by atoms with E-state index < -0.39 is 31.2 Å². The molecular weight excluding hydrogens is 1010 g/mol. The highest BCUT2D eigenvalue weighted by Gasteiger charge is 2.49. The fourth-order valence-corrected chi connectivity index (χ4v) is 14.6. The van der Waals surface area contributed by atoms with Crippen LogP contribution in [0.1, 0.15) is 158 Å². The molecule has 14 nitrogen and oxygen atoms in total. The molecule has 416 valence electrons. The van der Waals surface area contributed by atoms with Crippen molar-refractivity contribution < 1.29 is 18.8 Å². The normalized spacial score (nSPS) is 23.2. The summed E-state index contributed by atoms with van der Waals surface area (Å²) in [5.74, 6) is 4.47. The number of carbonyl (C=O) groups excluding carboxylic acids is 2. The number of amides is 2. The second-order valence-corrected chi connectivity index (χ2v) is 31.4. The van der Waals surface area contributed by atoms with E-state index in [-0.39, 0.29) is 40.5 Å². The van der Waals surface area contributed by atoms with E-state index in [2.05, 4.69) is 117 Å². The molecule has 4 aliphatic heterocycles. The minimum absolute atomic E-state index is 0.0499. The molecule has 2 aromatic heterocycles. The standard InChI is InChI=1S/C62H82ClN9O5Si/c1-12-40-16-20-43(21-17-40)49(38-69-30-32-76-33-31-69)64-56(73)53-35-46(77-78(10,11)61(5,6)7)37-70(53)58(75)55(60(2,3)4)71-39-50(66-67-71)44-22-18-41(19-23-44)36-68-28-26-42(27-29-68)45-24-25-47-52(34-45)72-51-15-13-14-48(63)54(51)57(74)65-59(72)62(47,8)9/h1,13-17,20-21,24-25,34,39,41-42,44,46,49,53,55H,18-19,22-23,26-33,35-38H2,2-11H3,(H,64,73)/t41?,44?,46-,49+,53+,55-/m1/s1. The van der Waals surface area contributed by atoms with Gasteiger partial charge in [-0.1, -0.05) is 94.6 Å². The average Bonchev–Trinajstić information content (AvgIpc) is 4.33. The van der Waals surface area contributed by atoms with Gasteiger partial charge in [0.15, 0.2) is 8.32 Å². The van der Waals surface area contributed by atoms with E-state index in [4.69, 9.17) is 37.5 Å². The predicted molar refractivity (Wildman–Crippen MR) is 311 cm³/mol. The number of hydrogen-bond donors (Lipinski definition) is 1. The van der Waals surface area contributed by atoms with Crippen LogP contribution >= 0.6 is 11.6 Å². The molecule has 6 heterocycles. The third kappa shape index (κ3) is 11.3. The Bertz CT molecular complexity index is 3110. The van der Waals surface area contributed by atoms with Crippen LogP contribution in [-0.2, 0) is 24.2 Å². The summed E-state index contributed by atoms with van der Waals surface area (Å²) in [6.45, 7) is 28.6. The Morgan fingerprint density at radius 2 is 1.63 bits per heavy atom. The van der Waals surface area contributed by atoms with Gasteiger partial charge in [0.05, 0.1) is 58.1 Å². The molecule has 16 heteroatoms. The lowest BCUT2D eigenvalue weighted by molar-refractivity contribution is -0.144. The number of carbonyl (C=O) groups is 2. The first-order valence-corrected chi connectivity index (χ1v) is 32.0. The van der Waals surface area contributed by atoms with Gasteiger partial charge in [-0.15, -0.1) is 11.5 Å². The van der Waals surface area contributed by atoms with Crippen molar-refractivity contribution in [2.24, 2.45) is 11.3 Å². The van der Waals surface area contributed by atoms with Crippen LogP contribution in [0, 0.1) is 23.7 Å². The van der Waals surface area contributed by atoms with Crippen molar-refractivity contribution in [1.29, 1.82) is 0 Å². The van der Waals surface area contributed by atoms with Gasteiger partial charge >= 0.3 is 0 Å². The maximum atomic E-state index is 15.4. The molecule has 1 N–H and O–H groups in total. The van der Waals surface area contributed by atoms with E-state index >= 15 is 4.79 Å². The minimum Gasteiger partial charge on any atom is -0.412 e. The second kappa shape index (κ2) is 22.0. The number of piperidine rings is 1. The number of rotatable bonds is 13. The van der Waals surface area contributed by atoms with Gasteiger partial charge in [-0.05, 0) is 148 Å². The van der Waals surface area contributed by atoms with Crippen LogP contribution in [0.25, 0.3) is 16.6 Å². The zero-order chi connectivity index (χ0) is 55.5. The largest absolute Gasteiger partial charge is 0.412 e. The molecule has 5 aromatic rings. The number of likely N-dealkylation sites (tertiary alicyclic amines) is 2. The van der Waals surface area contributed by atoms with E-state index in [0.717, 1.165) is 105 Å². The Kier molecular flexibility index (Phi) is 15.8. The monoisotopic (exact) mass is 1100 g/mol. The smallest absolute Gasteiger partial charge is 0.282 e. The van der Waals surface area contributed by atoms with Gasteiger partial charge in [-0.25, -0.2) is 4.68 Å². The predicted octanol–water partition coefficient (Wildman–Crippen LogP) is 10.2. The highest BCUT2D eigenvalue weighted by Crippen LogP contribution is 2.46. The fraction of sp³-hybridized carbons (Fsp3) is 0.581. The van der Waals surface area contributed by atoms with E-state index in [1.54, 1.807) is 15.6 Å². The highest BCUT2D eigenvalue weighted by molar-refractivity contribution is 6.74. The maximum absolute atomic E-state index is 15.4. The number of halogens is 1. The third-order valence-corrected chi connectivity index (χ3v) is 23.4. The molecule has 3 saturated heterocycles. The van der Waals surface area contributed by atoms with Crippen molar-refractivity contribution in [3.63, 3.8) is 0 Å². The molecule has 0 radical (unpaired) electrons. The number of terminal acetylenes is 1. The van der Waals surface area contributed by atoms with Gasteiger partial charge in [0.25, 0.3) is 5.56 Å². The summed E-state index contributed by atoms with van der Waals surface area (Å²) >= 11 is 6.57. The number of nitrogens with zero attached hydrogens (tertiary/aromatic N) is 8. The lowest BCUT2D eigenvalue weighted by Crippen LogP contribution is -2.52. The van der Waals surface area contributed by atoms with E-state index in [1.165, 1.54) is 11.1 Å². The molecule has 0 bridgehead atoms. The van der Waals surface area contributed by atoms with Gasteiger partial charge in [0.1, 0.15) is 17.9 Å². The van der Waals surface area contributed by atoms with Crippen molar-refractivity contribution in [2.75, 3.05) is 59.0 Å². The van der Waals surface area contributed by atoms with Crippen LogP contribution in [0.4, 0.5) is 0 Å². The maximum Gasteiger partial charge on any atom is 0.282 e. The number of nitrogens with one attached hydrogen (secondary N) is 1. The van der Waals surface area contributed by atoms with Crippen LogP contribution in [0.2, 0.25) is 23.2 Å². The van der Waals surface area contributed by atoms with Crippen LogP contribution in [0.3, 0.4) is 0 Å². The topological polar surface area (TPSA) is 140 Å². The van der Waals surface area contributed by atoms with Gasteiger partial charge in [-0.2, -0.15) is 4.98 Å². The molecule has 4 atom stereocenters. The van der Waals surface area contributed by atoms with Crippen LogP contribution in [-0.4, -0.2) is 131 Å². The van der Waals surface area contributed by atoms with Crippen LogP contribution in [0.5, 0.6) is 0 Å². The first-order valence-electron chi connectivity index (χ1n) is 28.7. The molecule has 0 spiro atoms. The summed E-state index contributed by atoms with van der Waals surface area (Å²) in [6, 6.07) is 18.6. The Hall–Kier alpha value is -5.21. The summed E-state index contributed by atoms with van der Waals surface area (Å²) in [5, 5.41) is 13.8. The Morgan fingerprint density at radius 3 is 2.29 bits per heavy atom. The Morgan fingerprint density at radius 1 is 0.923 bits per heavy atom. The minimum atomic E-state index is -2.27. The Labute approximate surface area is 468 Å². The second-order valence-electron chi connectivity index (χ2n) is 26.3. The molecule has 78 heavy (non-hydrogen) atoms. The lowest BCUT2D eigenvalue weighted by Gasteiger charge is -2.38. The van der Waals surface area contributed by atoms with Crippen molar-refractivity contribution in [3.8, 4) is 18.0 Å². The van der Waals surface area contributed by atoms with Crippen LogP contribution in [0.15, 0.2) is 71.7 Å². The SMILES string of the molecule is C#Cc1ccc([C@H](CN2CCOCC2)NC(=O)[C@@H]2C[C@@H](O[Si](C)(C)C(C)(C)C)CN2C(=O)[C@@H](n2cc(C3CCC(CN4CCC(c5ccc6c(c5)-n5c(nc(=O)c7c(Cl)cccc75)C6(C)C)CC4)CC3)nn2)C(C)(C)C)cc1. The van der Waals surface area contributed by atoms with E-state index in [9.17, 15) is 9.59 Å². The van der Waals surface area contributed by atoms with Crippen molar-refractivity contribution >= 4 is 42.6 Å². The molecule has 3 aromatic carbocycles. The summed E-state index contributed by atoms with van der Waals surface area (Å²) < 4.78 is 16.6. The quantitative estimate of drug-likeness (QED) is 0.0895. The first kappa shape index (κ1) is 56.1. The molecule has 0 unspecified atom stereocenters. The zero-order valence-electron chi connectivity index (χ0n) is 47.8. The number of hydrogen-bond acceptors (Lipinski definition) is 10. The molecule has 1 saturated carbocycles. The lowest BCUT2D eigenvalue weighted by atomic mass is 9.80. The summed E-state index contributed by atoms with van der Waals surface area (Å²) in [7, 11) is -2.27. The number of ether oxygens (including phenoxy) is 1. The van der Waals surface area contributed by atoms with Gasteiger partial charge in [0.2, 0.25) is 11.8 Å². The molecule has 1 aliphatic carbocycles. The van der Waals surface area contributed by atoms with Gasteiger partial charge in [-0.3, -0.25) is 23.9 Å². The molecule has 5 aliphatic rings. The first-order chi connectivity index (χ1) is 37.0. The van der Waals surface area contributed by atoms with Crippen molar-refractivity contribution in [1.82, 2.24) is 44.6 Å². The summed E-state index contributed by atoms with van der Waals surface area (Å²) in [6.07, 6.45) is 14.3. The van der Waals surface area contributed by atoms with E-state index in [1.807, 2.05) is 42.6 Å². The van der Waals surface area contributed by atoms with Crippen molar-refractivity contribution in [2.45, 2.75) is 160 Å².